The van der Waals surface area contributed by atoms with Gasteiger partial charge >= 0.3 is 0 Å². The quantitative estimate of drug-likeness (QED) is 0.699. The van der Waals surface area contributed by atoms with E-state index in [1.807, 2.05) is 13.8 Å². The summed E-state index contributed by atoms with van der Waals surface area (Å²) in [7, 11) is 0. The maximum Gasteiger partial charge on any atom is 0.257 e. The maximum absolute atomic E-state index is 9.20. The minimum Gasteiger partial charge on any atom is -0.396 e. The molecule has 19 heavy (non-hydrogen) atoms. The number of nitrogens with two attached hydrogens (primary N) is 1. The summed E-state index contributed by atoms with van der Waals surface area (Å²) in [5.41, 5.74) is 5.37. The zero-order chi connectivity index (χ0) is 13.9. The average Bonchev–Trinajstić information content (AvgIpc) is 2.90. The van der Waals surface area contributed by atoms with Crippen LogP contribution in [0.2, 0.25) is 0 Å². The van der Waals surface area contributed by atoms with Gasteiger partial charge in [0.05, 0.1) is 0 Å². The van der Waals surface area contributed by atoms with E-state index in [1.165, 1.54) is 4.68 Å². The van der Waals surface area contributed by atoms with Gasteiger partial charge in [-0.3, -0.25) is 0 Å². The van der Waals surface area contributed by atoms with Crippen LogP contribution in [0.15, 0.2) is 18.5 Å². The number of rotatable bonds is 5. The van der Waals surface area contributed by atoms with Crippen LogP contribution in [0.3, 0.4) is 0 Å². The molecule has 0 amide bonds. The Hall–Kier alpha value is -2.22. The van der Waals surface area contributed by atoms with E-state index >= 15 is 0 Å². The van der Waals surface area contributed by atoms with Gasteiger partial charge in [-0.2, -0.15) is 20.1 Å². The fourth-order valence-electron chi connectivity index (χ4n) is 1.32. The molecule has 0 aromatic carbocycles. The summed E-state index contributed by atoms with van der Waals surface area (Å²) in [5, 5.41) is 16.3. The molecule has 102 valence electrons. The summed E-state index contributed by atoms with van der Waals surface area (Å²) in [5.74, 6) is 0.825. The van der Waals surface area contributed by atoms with E-state index < -0.39 is 0 Å². The minimum atomic E-state index is -0.271. The van der Waals surface area contributed by atoms with Crippen molar-refractivity contribution in [3.63, 3.8) is 0 Å². The number of aromatic nitrogens is 5. The summed E-state index contributed by atoms with van der Waals surface area (Å²) in [6.07, 6.45) is 3.35. The van der Waals surface area contributed by atoms with Crippen LogP contribution in [0.25, 0.3) is 5.95 Å². The van der Waals surface area contributed by atoms with Crippen LogP contribution in [-0.4, -0.2) is 43.0 Å². The van der Waals surface area contributed by atoms with Gasteiger partial charge in [-0.15, -0.1) is 0 Å². The van der Waals surface area contributed by atoms with E-state index in [2.05, 4.69) is 25.4 Å². The van der Waals surface area contributed by atoms with Gasteiger partial charge in [-0.05, 0) is 6.07 Å². The van der Waals surface area contributed by atoms with Crippen LogP contribution >= 0.6 is 0 Å². The lowest BCUT2D eigenvalue weighted by molar-refractivity contribution is 0.170. The first kappa shape index (κ1) is 13.2. The molecule has 2 aromatic rings. The topological polar surface area (TPSA) is 115 Å². The molecule has 0 atom stereocenters. The van der Waals surface area contributed by atoms with Gasteiger partial charge in [0.2, 0.25) is 11.9 Å². The zero-order valence-corrected chi connectivity index (χ0v) is 10.9. The predicted molar refractivity (Wildman–Crippen MR) is 70.7 cm³/mol. The molecule has 0 aliphatic heterocycles. The molecule has 0 fully saturated rings. The Morgan fingerprint density at radius 3 is 2.79 bits per heavy atom. The smallest absolute Gasteiger partial charge is 0.257 e. The number of anilines is 2. The van der Waals surface area contributed by atoms with Gasteiger partial charge in [0.15, 0.2) is 0 Å². The Morgan fingerprint density at radius 1 is 1.37 bits per heavy atom. The predicted octanol–water partition coefficient (Wildman–Crippen LogP) is 0.0699. The highest BCUT2D eigenvalue weighted by atomic mass is 16.3. The van der Waals surface area contributed by atoms with E-state index in [0.717, 1.165) is 0 Å². The van der Waals surface area contributed by atoms with E-state index in [4.69, 9.17) is 5.73 Å². The Morgan fingerprint density at radius 2 is 2.16 bits per heavy atom. The molecule has 8 heteroatoms. The van der Waals surface area contributed by atoms with Gasteiger partial charge < -0.3 is 16.2 Å². The second kappa shape index (κ2) is 5.19. The average molecular weight is 263 g/mol. The third-order valence-corrected chi connectivity index (χ3v) is 2.50. The highest BCUT2D eigenvalue weighted by molar-refractivity contribution is 5.34. The molecule has 2 aromatic heterocycles. The second-order valence-electron chi connectivity index (χ2n) is 4.94. The van der Waals surface area contributed by atoms with Gasteiger partial charge in [-0.25, -0.2) is 4.68 Å². The van der Waals surface area contributed by atoms with Crippen molar-refractivity contribution in [3.8, 4) is 5.95 Å². The number of aliphatic hydroxyl groups excluding tert-OH is 1. The molecule has 0 saturated carbocycles. The number of hydrogen-bond acceptors (Lipinski definition) is 7. The first-order valence-corrected chi connectivity index (χ1v) is 5.86. The van der Waals surface area contributed by atoms with Crippen molar-refractivity contribution in [2.24, 2.45) is 5.41 Å². The lowest BCUT2D eigenvalue weighted by atomic mass is 9.95. The fraction of sp³-hybridized carbons (Fsp3) is 0.455. The molecule has 0 radical (unpaired) electrons. The first-order valence-electron chi connectivity index (χ1n) is 5.86. The Labute approximate surface area is 110 Å². The standard InChI is InChI=1S/C11H17N7O/c1-11(2,7-19)6-13-9-15-8(12)16-10(17-9)18-5-3-4-14-18/h3-5,19H,6-7H2,1-2H3,(H3,12,13,15,16,17). The van der Waals surface area contributed by atoms with E-state index in [1.54, 1.807) is 18.5 Å². The van der Waals surface area contributed by atoms with Crippen LogP contribution in [-0.2, 0) is 0 Å². The van der Waals surface area contributed by atoms with Gasteiger partial charge in [0.1, 0.15) is 0 Å². The summed E-state index contributed by atoms with van der Waals surface area (Å²) in [6, 6.07) is 1.77. The number of aliphatic hydroxyl groups is 1. The Bertz CT molecular complexity index is 538. The monoisotopic (exact) mass is 263 g/mol. The zero-order valence-electron chi connectivity index (χ0n) is 10.9. The molecule has 0 spiro atoms. The molecule has 0 aliphatic carbocycles. The van der Waals surface area contributed by atoms with Crippen LogP contribution < -0.4 is 11.1 Å². The normalized spacial score (nSPS) is 11.5. The number of nitrogens with one attached hydrogen (secondary N) is 1. The van der Waals surface area contributed by atoms with E-state index in [0.29, 0.717) is 18.4 Å². The van der Waals surface area contributed by atoms with Crippen molar-refractivity contribution >= 4 is 11.9 Å². The lowest BCUT2D eigenvalue weighted by Crippen LogP contribution is -2.27. The molecule has 0 unspecified atom stereocenters. The van der Waals surface area contributed by atoms with Gasteiger partial charge in [0.25, 0.3) is 5.95 Å². The molecule has 0 saturated heterocycles. The lowest BCUT2D eigenvalue weighted by Gasteiger charge is -2.21. The van der Waals surface area contributed by atoms with Crippen molar-refractivity contribution in [2.75, 3.05) is 24.2 Å². The second-order valence-corrected chi connectivity index (χ2v) is 4.94. The Kier molecular flexibility index (Phi) is 3.61. The summed E-state index contributed by atoms with van der Waals surface area (Å²) >= 11 is 0. The molecular formula is C11H17N7O. The summed E-state index contributed by atoms with van der Waals surface area (Å²) in [6.45, 7) is 4.44. The van der Waals surface area contributed by atoms with Crippen LogP contribution in [0.5, 0.6) is 0 Å². The summed E-state index contributed by atoms with van der Waals surface area (Å²) in [4.78, 5) is 12.2. The molecular weight excluding hydrogens is 246 g/mol. The highest BCUT2D eigenvalue weighted by Gasteiger charge is 2.17. The van der Waals surface area contributed by atoms with Crippen molar-refractivity contribution < 1.29 is 5.11 Å². The van der Waals surface area contributed by atoms with Crippen molar-refractivity contribution in [1.82, 2.24) is 24.7 Å². The third-order valence-electron chi connectivity index (χ3n) is 2.50. The number of nitrogens with zero attached hydrogens (tertiary/aromatic N) is 5. The summed E-state index contributed by atoms with van der Waals surface area (Å²) < 4.78 is 1.50. The van der Waals surface area contributed by atoms with Crippen LogP contribution in [0.1, 0.15) is 13.8 Å². The molecule has 2 rings (SSSR count). The molecule has 0 aliphatic rings. The number of nitrogen functional groups attached to an aromatic ring is 1. The van der Waals surface area contributed by atoms with Crippen LogP contribution in [0, 0.1) is 5.41 Å². The van der Waals surface area contributed by atoms with Crippen molar-refractivity contribution in [2.45, 2.75) is 13.8 Å². The maximum atomic E-state index is 9.20. The minimum absolute atomic E-state index is 0.0621. The van der Waals surface area contributed by atoms with E-state index in [9.17, 15) is 5.11 Å². The van der Waals surface area contributed by atoms with Crippen molar-refractivity contribution in [3.05, 3.63) is 18.5 Å². The van der Waals surface area contributed by atoms with Gasteiger partial charge in [0, 0.05) is 31.0 Å². The van der Waals surface area contributed by atoms with Crippen molar-refractivity contribution in [1.29, 1.82) is 0 Å². The molecule has 0 bridgehead atoms. The Balaban J connectivity index is 2.18. The highest BCUT2D eigenvalue weighted by Crippen LogP contribution is 2.14. The first-order chi connectivity index (χ1) is 9.00. The molecule has 2 heterocycles. The number of hydrogen-bond donors (Lipinski definition) is 3. The fourth-order valence-corrected chi connectivity index (χ4v) is 1.32. The van der Waals surface area contributed by atoms with Gasteiger partial charge in [-0.1, -0.05) is 13.8 Å². The molecule has 4 N–H and O–H groups in total. The third kappa shape index (κ3) is 3.38. The van der Waals surface area contributed by atoms with E-state index in [-0.39, 0.29) is 18.0 Å². The molecule has 8 nitrogen and oxygen atoms in total. The van der Waals surface area contributed by atoms with Crippen LogP contribution in [0.4, 0.5) is 11.9 Å². The largest absolute Gasteiger partial charge is 0.396 e. The SMILES string of the molecule is CC(C)(CO)CNc1nc(N)nc(-n2cccn2)n1.